The summed E-state index contributed by atoms with van der Waals surface area (Å²) in [7, 11) is 1.92. The van der Waals surface area contributed by atoms with Gasteiger partial charge in [0.1, 0.15) is 5.75 Å². The van der Waals surface area contributed by atoms with Gasteiger partial charge in [0.15, 0.2) is 0 Å². The second kappa shape index (κ2) is 6.45. The monoisotopic (exact) mass is 363 g/mol. The van der Waals surface area contributed by atoms with Crippen molar-refractivity contribution in [3.05, 3.63) is 47.5 Å². The predicted octanol–water partition coefficient (Wildman–Crippen LogP) is 4.52. The van der Waals surface area contributed by atoms with Crippen LogP contribution in [-0.4, -0.2) is 24.7 Å². The van der Waals surface area contributed by atoms with Gasteiger partial charge in [-0.25, -0.2) is 0 Å². The van der Waals surface area contributed by atoms with Gasteiger partial charge in [-0.15, -0.1) is 0 Å². The third-order valence-electron chi connectivity index (χ3n) is 7.22. The topological polar surface area (TPSA) is 56.3 Å². The SMILES string of the molecule is CNc1ccccc1Nc1cc2c(cc1O)[C@]13CCCC[C@@H]1[C@H](C2)NCC3. The summed E-state index contributed by atoms with van der Waals surface area (Å²) in [6, 6.07) is 13.0. The summed E-state index contributed by atoms with van der Waals surface area (Å²) in [4.78, 5) is 0. The highest BCUT2D eigenvalue weighted by molar-refractivity contribution is 5.77. The van der Waals surface area contributed by atoms with Gasteiger partial charge >= 0.3 is 0 Å². The Kier molecular flexibility index (Phi) is 4.05. The van der Waals surface area contributed by atoms with Gasteiger partial charge in [-0.1, -0.05) is 25.0 Å². The standard InChI is InChI=1S/C23H29N3O/c1-24-18-7-2-3-8-19(18)26-21-13-15-12-20-16-6-4-5-9-23(16,10-11-25-20)17(15)14-22(21)27/h2-3,7-8,13-14,16,20,24-27H,4-6,9-12H2,1H3/t16-,20+,23+/m1/s1. The molecule has 1 heterocycles. The molecule has 1 saturated heterocycles. The van der Waals surface area contributed by atoms with Crippen molar-refractivity contribution in [2.24, 2.45) is 5.92 Å². The van der Waals surface area contributed by atoms with Crippen molar-refractivity contribution < 1.29 is 5.11 Å². The lowest BCUT2D eigenvalue weighted by atomic mass is 9.53. The van der Waals surface area contributed by atoms with Gasteiger partial charge < -0.3 is 21.1 Å². The zero-order valence-corrected chi connectivity index (χ0v) is 16.0. The molecule has 27 heavy (non-hydrogen) atoms. The van der Waals surface area contributed by atoms with Crippen molar-refractivity contribution in [1.29, 1.82) is 0 Å². The van der Waals surface area contributed by atoms with E-state index in [-0.39, 0.29) is 5.41 Å². The van der Waals surface area contributed by atoms with Crippen LogP contribution in [0, 0.1) is 5.92 Å². The number of hydrogen-bond acceptors (Lipinski definition) is 4. The number of phenolic OH excluding ortho intramolecular Hbond substituents is 1. The fourth-order valence-electron chi connectivity index (χ4n) is 6.03. The summed E-state index contributed by atoms with van der Waals surface area (Å²) in [5.41, 5.74) is 5.93. The smallest absolute Gasteiger partial charge is 0.139 e. The molecule has 1 saturated carbocycles. The molecule has 2 aromatic rings. The number of rotatable bonds is 3. The van der Waals surface area contributed by atoms with E-state index in [4.69, 9.17) is 0 Å². The molecule has 4 nitrogen and oxygen atoms in total. The number of para-hydroxylation sites is 2. The van der Waals surface area contributed by atoms with Crippen LogP contribution < -0.4 is 16.0 Å². The van der Waals surface area contributed by atoms with Crippen LogP contribution in [0.25, 0.3) is 0 Å². The number of hydrogen-bond donors (Lipinski definition) is 4. The lowest BCUT2D eigenvalue weighted by Gasteiger charge is -2.56. The summed E-state index contributed by atoms with van der Waals surface area (Å²) in [5, 5.41) is 21.3. The molecule has 0 radical (unpaired) electrons. The van der Waals surface area contributed by atoms with Crippen molar-refractivity contribution >= 4 is 17.1 Å². The van der Waals surface area contributed by atoms with Crippen molar-refractivity contribution in [2.45, 2.75) is 50.0 Å². The highest BCUT2D eigenvalue weighted by Crippen LogP contribution is 2.55. The molecule has 1 aliphatic heterocycles. The minimum Gasteiger partial charge on any atom is -0.506 e. The van der Waals surface area contributed by atoms with E-state index in [1.807, 2.05) is 31.3 Å². The maximum atomic E-state index is 10.9. The molecule has 2 aromatic carbocycles. The Morgan fingerprint density at radius 1 is 1.07 bits per heavy atom. The second-order valence-electron chi connectivity index (χ2n) is 8.47. The Morgan fingerprint density at radius 3 is 2.78 bits per heavy atom. The molecule has 2 bridgehead atoms. The fraction of sp³-hybridized carbons (Fsp3) is 0.478. The van der Waals surface area contributed by atoms with Crippen LogP contribution in [0.3, 0.4) is 0 Å². The van der Waals surface area contributed by atoms with Crippen LogP contribution in [-0.2, 0) is 11.8 Å². The zero-order valence-electron chi connectivity index (χ0n) is 16.0. The number of nitrogens with one attached hydrogen (secondary N) is 3. The molecule has 0 amide bonds. The lowest BCUT2D eigenvalue weighted by molar-refractivity contribution is 0.0796. The van der Waals surface area contributed by atoms with E-state index in [0.29, 0.717) is 11.8 Å². The number of benzene rings is 2. The van der Waals surface area contributed by atoms with Gasteiger partial charge in [-0.2, -0.15) is 0 Å². The number of aromatic hydroxyl groups is 1. The van der Waals surface area contributed by atoms with Crippen molar-refractivity contribution in [2.75, 3.05) is 24.2 Å². The first-order valence-electron chi connectivity index (χ1n) is 10.3. The molecule has 2 fully saturated rings. The molecule has 2 aliphatic carbocycles. The van der Waals surface area contributed by atoms with Crippen LogP contribution >= 0.6 is 0 Å². The van der Waals surface area contributed by atoms with E-state index in [1.54, 1.807) is 0 Å². The molecule has 142 valence electrons. The molecule has 5 rings (SSSR count). The average molecular weight is 364 g/mol. The Balaban J connectivity index is 1.56. The van der Waals surface area contributed by atoms with Gasteiger partial charge in [0.2, 0.25) is 0 Å². The normalized spacial score (nSPS) is 28.8. The minimum atomic E-state index is 0.278. The van der Waals surface area contributed by atoms with Gasteiger partial charge in [0.25, 0.3) is 0 Å². The van der Waals surface area contributed by atoms with E-state index in [1.165, 1.54) is 43.2 Å². The van der Waals surface area contributed by atoms with Gasteiger partial charge in [-0.3, -0.25) is 0 Å². The summed E-state index contributed by atoms with van der Waals surface area (Å²) in [6.07, 6.45) is 7.55. The largest absolute Gasteiger partial charge is 0.506 e. The lowest BCUT2D eigenvalue weighted by Crippen LogP contribution is -2.59. The molecule has 3 atom stereocenters. The summed E-state index contributed by atoms with van der Waals surface area (Å²) in [6.45, 7) is 1.11. The highest BCUT2D eigenvalue weighted by Gasteiger charge is 2.51. The van der Waals surface area contributed by atoms with Crippen LogP contribution in [0.1, 0.15) is 43.2 Å². The molecule has 4 N–H and O–H groups in total. The second-order valence-corrected chi connectivity index (χ2v) is 8.47. The number of fused-ring (bicyclic) bond motifs is 1. The number of anilines is 3. The molecule has 4 heteroatoms. The molecule has 0 spiro atoms. The van der Waals surface area contributed by atoms with E-state index in [9.17, 15) is 5.11 Å². The first-order valence-corrected chi connectivity index (χ1v) is 10.3. The summed E-state index contributed by atoms with van der Waals surface area (Å²) >= 11 is 0. The van der Waals surface area contributed by atoms with E-state index >= 15 is 0 Å². The van der Waals surface area contributed by atoms with Gasteiger partial charge in [-0.05, 0) is 73.5 Å². The fourth-order valence-corrected chi connectivity index (χ4v) is 6.03. The first kappa shape index (κ1) is 16.9. The first-order chi connectivity index (χ1) is 13.2. The van der Waals surface area contributed by atoms with Crippen LogP contribution in [0.2, 0.25) is 0 Å². The maximum Gasteiger partial charge on any atom is 0.139 e. The van der Waals surface area contributed by atoms with Crippen LogP contribution in [0.15, 0.2) is 36.4 Å². The predicted molar refractivity (Wildman–Crippen MR) is 111 cm³/mol. The maximum absolute atomic E-state index is 10.9. The Hall–Kier alpha value is -2.20. The van der Waals surface area contributed by atoms with E-state index in [0.717, 1.165) is 35.9 Å². The zero-order chi connectivity index (χ0) is 18.4. The Morgan fingerprint density at radius 2 is 1.93 bits per heavy atom. The van der Waals surface area contributed by atoms with Crippen molar-refractivity contribution in [1.82, 2.24) is 5.32 Å². The minimum absolute atomic E-state index is 0.278. The quantitative estimate of drug-likeness (QED) is 0.606. The Labute approximate surface area is 161 Å². The van der Waals surface area contributed by atoms with Crippen LogP contribution in [0.5, 0.6) is 5.75 Å². The molecular weight excluding hydrogens is 334 g/mol. The molecule has 0 unspecified atom stereocenters. The number of piperidine rings is 1. The van der Waals surface area contributed by atoms with Crippen molar-refractivity contribution in [3.8, 4) is 5.75 Å². The highest BCUT2D eigenvalue weighted by atomic mass is 16.3. The van der Waals surface area contributed by atoms with E-state index in [2.05, 4.69) is 28.1 Å². The third kappa shape index (κ3) is 2.61. The Bertz CT molecular complexity index is 861. The molecule has 3 aliphatic rings. The summed E-state index contributed by atoms with van der Waals surface area (Å²) < 4.78 is 0. The van der Waals surface area contributed by atoms with E-state index < -0.39 is 0 Å². The van der Waals surface area contributed by atoms with Gasteiger partial charge in [0.05, 0.1) is 17.1 Å². The number of phenols is 1. The van der Waals surface area contributed by atoms with Gasteiger partial charge in [0, 0.05) is 18.5 Å². The summed E-state index contributed by atoms with van der Waals surface area (Å²) in [5.74, 6) is 1.10. The van der Waals surface area contributed by atoms with Crippen LogP contribution in [0.4, 0.5) is 17.1 Å². The molecular formula is C23H29N3O. The average Bonchev–Trinajstić information content (AvgIpc) is 2.70. The molecule has 0 aromatic heterocycles. The van der Waals surface area contributed by atoms with Crippen molar-refractivity contribution in [3.63, 3.8) is 0 Å². The third-order valence-corrected chi connectivity index (χ3v) is 7.22.